The van der Waals surface area contributed by atoms with Crippen LogP contribution in [0.4, 0.5) is 5.69 Å². The highest BCUT2D eigenvalue weighted by Gasteiger charge is 2.31. The molecule has 0 aliphatic heterocycles. The zero-order valence-corrected chi connectivity index (χ0v) is 19.0. The van der Waals surface area contributed by atoms with Crippen LogP contribution in [0.5, 0.6) is 17.4 Å². The summed E-state index contributed by atoms with van der Waals surface area (Å²) in [5, 5.41) is 6.92. The first kappa shape index (κ1) is 20.8. The molecule has 0 saturated heterocycles. The zero-order valence-electron chi connectivity index (χ0n) is 18.2. The second-order valence-corrected chi connectivity index (χ2v) is 8.23. The molecule has 30 heavy (non-hydrogen) atoms. The van der Waals surface area contributed by atoms with Gasteiger partial charge in [-0.2, -0.15) is 0 Å². The van der Waals surface area contributed by atoms with Crippen LogP contribution in [-0.2, 0) is 11.3 Å². The molecule has 7 nitrogen and oxygen atoms in total. The molecule has 0 amide bonds. The van der Waals surface area contributed by atoms with E-state index in [-0.39, 0.29) is 0 Å². The topological polar surface area (TPSA) is 57.5 Å². The first-order chi connectivity index (χ1) is 14.7. The Morgan fingerprint density at radius 2 is 1.80 bits per heavy atom. The largest absolute Gasteiger partial charge is 0.496 e. The Kier molecular flexibility index (Phi) is 6.06. The molecule has 4 rings (SSSR count). The Morgan fingerprint density at radius 3 is 2.30 bits per heavy atom. The number of fused-ring (bicyclic) bond motifs is 1. The van der Waals surface area contributed by atoms with E-state index < -0.39 is 0 Å². The number of benzene rings is 1. The summed E-state index contributed by atoms with van der Waals surface area (Å²) in [5.74, 6) is 2.11. The van der Waals surface area contributed by atoms with Crippen molar-refractivity contribution >= 4 is 21.9 Å². The molecule has 0 bridgehead atoms. The van der Waals surface area contributed by atoms with Crippen molar-refractivity contribution in [2.75, 3.05) is 39.9 Å². The molecule has 8 heteroatoms. The summed E-state index contributed by atoms with van der Waals surface area (Å²) in [6, 6.07) is 4.53. The molecule has 3 aromatic rings. The number of thiazole rings is 1. The van der Waals surface area contributed by atoms with Crippen LogP contribution in [-0.4, -0.2) is 50.6 Å². The number of hydrogen-bond acceptors (Lipinski definition) is 7. The molecule has 1 aliphatic carbocycles. The van der Waals surface area contributed by atoms with Crippen molar-refractivity contribution in [2.24, 2.45) is 0 Å². The Labute approximate surface area is 181 Å². The average Bonchev–Trinajstić information content (AvgIpc) is 3.29. The molecule has 1 aromatic carbocycles. The van der Waals surface area contributed by atoms with Crippen LogP contribution in [0.3, 0.4) is 0 Å². The molecule has 1 aliphatic rings. The molecular formula is C22H29N3O4S. The number of anilines is 1. The van der Waals surface area contributed by atoms with Gasteiger partial charge in [0.05, 0.1) is 39.2 Å². The second kappa shape index (κ2) is 8.73. The van der Waals surface area contributed by atoms with E-state index in [0.717, 1.165) is 45.4 Å². The van der Waals surface area contributed by atoms with E-state index in [1.807, 2.05) is 16.6 Å². The molecule has 0 radical (unpaired) electrons. The predicted octanol–water partition coefficient (Wildman–Crippen LogP) is 4.61. The van der Waals surface area contributed by atoms with Crippen LogP contribution in [0.1, 0.15) is 31.7 Å². The standard InChI is InChI=1S/C22H29N3O4S/c1-6-24(15-8-7-9-15)20-21(29-5)23-25-16(13-30-22(20)25)19-17(27-3)10-14(12-26-2)11-18(19)28-4/h10-11,13,15H,6-9,12H2,1-5H3. The van der Waals surface area contributed by atoms with Gasteiger partial charge in [0.2, 0.25) is 0 Å². The van der Waals surface area contributed by atoms with Gasteiger partial charge in [-0.3, -0.25) is 0 Å². The monoisotopic (exact) mass is 431 g/mol. The normalized spacial score (nSPS) is 14.0. The molecule has 0 unspecified atom stereocenters. The highest BCUT2D eigenvalue weighted by Crippen LogP contribution is 2.46. The third-order valence-corrected chi connectivity index (χ3v) is 6.70. The third-order valence-electron chi connectivity index (χ3n) is 5.77. The first-order valence-electron chi connectivity index (χ1n) is 10.2. The summed E-state index contributed by atoms with van der Waals surface area (Å²) < 4.78 is 24.4. The van der Waals surface area contributed by atoms with Crippen LogP contribution in [0.25, 0.3) is 16.1 Å². The number of aromatic nitrogens is 2. The van der Waals surface area contributed by atoms with E-state index >= 15 is 0 Å². The lowest BCUT2D eigenvalue weighted by atomic mass is 9.91. The minimum Gasteiger partial charge on any atom is -0.496 e. The highest BCUT2D eigenvalue weighted by atomic mass is 32.1. The van der Waals surface area contributed by atoms with Gasteiger partial charge < -0.3 is 23.8 Å². The van der Waals surface area contributed by atoms with Crippen molar-refractivity contribution in [3.8, 4) is 28.6 Å². The molecule has 162 valence electrons. The van der Waals surface area contributed by atoms with Gasteiger partial charge in [-0.15, -0.1) is 16.4 Å². The number of ether oxygens (including phenoxy) is 4. The van der Waals surface area contributed by atoms with Crippen LogP contribution in [0.15, 0.2) is 17.5 Å². The van der Waals surface area contributed by atoms with Crippen molar-refractivity contribution < 1.29 is 18.9 Å². The van der Waals surface area contributed by atoms with Gasteiger partial charge in [-0.1, -0.05) is 0 Å². The Bertz CT molecular complexity index is 1000. The van der Waals surface area contributed by atoms with E-state index in [2.05, 4.69) is 17.2 Å². The Morgan fingerprint density at radius 1 is 1.10 bits per heavy atom. The molecule has 2 heterocycles. The van der Waals surface area contributed by atoms with Gasteiger partial charge in [-0.25, -0.2) is 4.52 Å². The summed E-state index contributed by atoms with van der Waals surface area (Å²) in [5.41, 5.74) is 3.86. The number of rotatable bonds is 9. The zero-order chi connectivity index (χ0) is 21.3. The highest BCUT2D eigenvalue weighted by molar-refractivity contribution is 7.16. The lowest BCUT2D eigenvalue weighted by Crippen LogP contribution is -2.40. The fourth-order valence-corrected chi connectivity index (χ4v) is 5.12. The molecule has 2 aromatic heterocycles. The van der Waals surface area contributed by atoms with Gasteiger partial charge in [0, 0.05) is 25.1 Å². The van der Waals surface area contributed by atoms with Gasteiger partial charge >= 0.3 is 0 Å². The van der Waals surface area contributed by atoms with Crippen molar-refractivity contribution in [3.63, 3.8) is 0 Å². The summed E-state index contributed by atoms with van der Waals surface area (Å²) in [4.78, 5) is 3.50. The van der Waals surface area contributed by atoms with Gasteiger partial charge in [0.15, 0.2) is 0 Å². The van der Waals surface area contributed by atoms with Crippen molar-refractivity contribution in [1.29, 1.82) is 0 Å². The fraction of sp³-hybridized carbons (Fsp3) is 0.500. The van der Waals surface area contributed by atoms with Crippen molar-refractivity contribution in [2.45, 2.75) is 38.8 Å². The van der Waals surface area contributed by atoms with E-state index in [1.54, 1.807) is 39.8 Å². The van der Waals surface area contributed by atoms with Gasteiger partial charge in [0.1, 0.15) is 22.0 Å². The van der Waals surface area contributed by atoms with Crippen LogP contribution < -0.4 is 19.1 Å². The molecule has 0 N–H and O–H groups in total. The molecule has 1 fully saturated rings. The maximum Gasteiger partial charge on any atom is 0.258 e. The smallest absolute Gasteiger partial charge is 0.258 e. The summed E-state index contributed by atoms with van der Waals surface area (Å²) in [6.07, 6.45) is 3.72. The molecule has 0 atom stereocenters. The molecular weight excluding hydrogens is 402 g/mol. The van der Waals surface area contributed by atoms with Gasteiger partial charge in [-0.05, 0) is 43.9 Å². The Balaban J connectivity index is 1.89. The lowest BCUT2D eigenvalue weighted by molar-refractivity contribution is 0.184. The Hall–Kier alpha value is -2.45. The van der Waals surface area contributed by atoms with Gasteiger partial charge in [0.25, 0.3) is 5.88 Å². The summed E-state index contributed by atoms with van der Waals surface area (Å²) in [6.45, 7) is 3.60. The number of hydrogen-bond donors (Lipinski definition) is 0. The predicted molar refractivity (Wildman–Crippen MR) is 120 cm³/mol. The van der Waals surface area contributed by atoms with E-state index in [1.165, 1.54) is 19.3 Å². The van der Waals surface area contributed by atoms with E-state index in [4.69, 9.17) is 24.0 Å². The lowest BCUT2D eigenvalue weighted by Gasteiger charge is -2.37. The molecule has 0 spiro atoms. The fourth-order valence-electron chi connectivity index (χ4n) is 4.12. The minimum atomic E-state index is 0.485. The minimum absolute atomic E-state index is 0.485. The summed E-state index contributed by atoms with van der Waals surface area (Å²) >= 11 is 1.66. The van der Waals surface area contributed by atoms with E-state index in [9.17, 15) is 0 Å². The molecule has 1 saturated carbocycles. The third kappa shape index (κ3) is 3.37. The maximum atomic E-state index is 5.73. The average molecular weight is 432 g/mol. The van der Waals surface area contributed by atoms with Crippen LogP contribution >= 0.6 is 11.3 Å². The van der Waals surface area contributed by atoms with Crippen LogP contribution in [0, 0.1) is 0 Å². The summed E-state index contributed by atoms with van der Waals surface area (Å²) in [7, 11) is 6.70. The van der Waals surface area contributed by atoms with Crippen molar-refractivity contribution in [3.05, 3.63) is 23.1 Å². The van der Waals surface area contributed by atoms with Crippen LogP contribution in [0.2, 0.25) is 0 Å². The van der Waals surface area contributed by atoms with Crippen molar-refractivity contribution in [1.82, 2.24) is 9.61 Å². The number of nitrogens with zero attached hydrogens (tertiary/aromatic N) is 3. The maximum absolute atomic E-state index is 5.73. The number of methoxy groups -OCH3 is 4. The first-order valence-corrected chi connectivity index (χ1v) is 11.1. The quantitative estimate of drug-likeness (QED) is 0.493. The SMILES string of the molecule is CCN(c1c(OC)nn2c(-c3c(OC)cc(COC)cc3OC)csc12)C1CCC1. The van der Waals surface area contributed by atoms with E-state index in [0.29, 0.717) is 18.5 Å². The second-order valence-electron chi connectivity index (χ2n) is 7.37.